The molecule has 0 aliphatic rings. The van der Waals surface area contributed by atoms with Crippen molar-refractivity contribution in [2.45, 2.75) is 19.9 Å². The first kappa shape index (κ1) is 11.5. The van der Waals surface area contributed by atoms with E-state index in [9.17, 15) is 0 Å². The Morgan fingerprint density at radius 2 is 2.24 bits per heavy atom. The number of nitrogens with zero attached hydrogens (tertiary/aromatic N) is 3. The van der Waals surface area contributed by atoms with Crippen molar-refractivity contribution in [2.24, 2.45) is 0 Å². The summed E-state index contributed by atoms with van der Waals surface area (Å²) in [5.74, 6) is 1.24. The largest absolute Gasteiger partial charge is 0.406 e. The topological polar surface area (TPSA) is 75.9 Å². The van der Waals surface area contributed by atoms with Crippen molar-refractivity contribution in [1.82, 2.24) is 20.5 Å². The third-order valence-electron chi connectivity index (χ3n) is 2.22. The van der Waals surface area contributed by atoms with Crippen LogP contribution in [0.25, 0.3) is 0 Å². The lowest BCUT2D eigenvalue weighted by Gasteiger charge is -2.05. The van der Waals surface area contributed by atoms with E-state index in [0.29, 0.717) is 17.7 Å². The van der Waals surface area contributed by atoms with Gasteiger partial charge in [0.15, 0.2) is 0 Å². The van der Waals surface area contributed by atoms with Crippen molar-refractivity contribution >= 4 is 11.8 Å². The first-order chi connectivity index (χ1) is 8.29. The molecule has 0 saturated carbocycles. The molecule has 0 aliphatic carbocycles. The van der Waals surface area contributed by atoms with Gasteiger partial charge >= 0.3 is 6.01 Å². The van der Waals surface area contributed by atoms with Gasteiger partial charge in [0.2, 0.25) is 5.89 Å². The van der Waals surface area contributed by atoms with Gasteiger partial charge in [0.1, 0.15) is 5.82 Å². The van der Waals surface area contributed by atoms with E-state index in [1.54, 1.807) is 6.20 Å². The molecule has 2 aromatic rings. The van der Waals surface area contributed by atoms with Crippen molar-refractivity contribution < 1.29 is 4.42 Å². The van der Waals surface area contributed by atoms with E-state index >= 15 is 0 Å². The highest BCUT2D eigenvalue weighted by molar-refractivity contribution is 5.44. The maximum atomic E-state index is 5.47. The number of rotatable bonds is 5. The molecule has 0 saturated heterocycles. The fraction of sp³-hybridized carbons (Fsp3) is 0.364. The Hall–Kier alpha value is -1.95. The van der Waals surface area contributed by atoms with Crippen molar-refractivity contribution in [3.05, 3.63) is 30.3 Å². The van der Waals surface area contributed by atoms with Crippen molar-refractivity contribution in [1.29, 1.82) is 0 Å². The van der Waals surface area contributed by atoms with E-state index in [4.69, 9.17) is 4.42 Å². The van der Waals surface area contributed by atoms with Gasteiger partial charge < -0.3 is 9.73 Å². The summed E-state index contributed by atoms with van der Waals surface area (Å²) < 4.78 is 5.47. The van der Waals surface area contributed by atoms with E-state index in [2.05, 4.69) is 25.8 Å². The highest BCUT2D eigenvalue weighted by atomic mass is 16.4. The summed E-state index contributed by atoms with van der Waals surface area (Å²) in [6.45, 7) is 4.86. The Kier molecular flexibility index (Phi) is 3.66. The number of aromatic nitrogens is 3. The molecule has 6 nitrogen and oxygen atoms in total. The summed E-state index contributed by atoms with van der Waals surface area (Å²) in [7, 11) is 0. The Bertz CT molecular complexity index is 456. The smallest absolute Gasteiger partial charge is 0.321 e. The molecule has 2 aromatic heterocycles. The van der Waals surface area contributed by atoms with Gasteiger partial charge in [0.25, 0.3) is 0 Å². The van der Waals surface area contributed by atoms with Crippen molar-refractivity contribution in [3.63, 3.8) is 0 Å². The maximum Gasteiger partial charge on any atom is 0.321 e. The highest BCUT2D eigenvalue weighted by Gasteiger charge is 2.12. The predicted octanol–water partition coefficient (Wildman–Crippen LogP) is 1.88. The molecule has 6 heteroatoms. The Balaban J connectivity index is 2.04. The Morgan fingerprint density at radius 1 is 1.35 bits per heavy atom. The van der Waals surface area contributed by atoms with Gasteiger partial charge in [0, 0.05) is 6.20 Å². The molecule has 0 aromatic carbocycles. The lowest BCUT2D eigenvalue weighted by Crippen LogP contribution is -2.17. The van der Waals surface area contributed by atoms with Gasteiger partial charge in [-0.05, 0) is 25.6 Å². The van der Waals surface area contributed by atoms with E-state index in [-0.39, 0.29) is 6.04 Å². The van der Waals surface area contributed by atoms with Crippen molar-refractivity contribution in [3.8, 4) is 0 Å². The minimum atomic E-state index is 0.0479. The number of anilines is 2. The van der Waals surface area contributed by atoms with Gasteiger partial charge in [0.05, 0.1) is 6.04 Å². The molecular weight excluding hydrogens is 218 g/mol. The summed E-state index contributed by atoms with van der Waals surface area (Å²) in [5.41, 5.74) is 0. The van der Waals surface area contributed by atoms with Crippen LogP contribution in [0, 0.1) is 0 Å². The van der Waals surface area contributed by atoms with Crippen LogP contribution in [-0.2, 0) is 0 Å². The van der Waals surface area contributed by atoms with Gasteiger partial charge in [-0.15, -0.1) is 5.10 Å². The van der Waals surface area contributed by atoms with E-state index in [1.807, 2.05) is 32.0 Å². The molecule has 1 unspecified atom stereocenters. The second-order valence-corrected chi connectivity index (χ2v) is 3.56. The van der Waals surface area contributed by atoms with Crippen LogP contribution in [0.1, 0.15) is 25.8 Å². The zero-order valence-corrected chi connectivity index (χ0v) is 9.84. The number of hydrogen-bond donors (Lipinski definition) is 2. The molecule has 2 N–H and O–H groups in total. The molecule has 0 radical (unpaired) electrons. The maximum absolute atomic E-state index is 5.47. The molecule has 90 valence electrons. The second kappa shape index (κ2) is 5.40. The normalized spacial score (nSPS) is 12.4. The molecular formula is C11H15N5O. The first-order valence-electron chi connectivity index (χ1n) is 5.54. The lowest BCUT2D eigenvalue weighted by molar-refractivity contribution is 0.430. The van der Waals surface area contributed by atoms with Crippen LogP contribution in [0.5, 0.6) is 0 Å². The molecule has 17 heavy (non-hydrogen) atoms. The SMILES string of the molecule is CCNC(C)c1nnc(Nc2ccccn2)o1. The molecule has 0 amide bonds. The lowest BCUT2D eigenvalue weighted by atomic mass is 10.3. The van der Waals surface area contributed by atoms with Gasteiger partial charge in [-0.1, -0.05) is 18.1 Å². The third-order valence-corrected chi connectivity index (χ3v) is 2.22. The molecule has 0 aliphatic heterocycles. The van der Waals surface area contributed by atoms with Crippen LogP contribution in [0.3, 0.4) is 0 Å². The fourth-order valence-electron chi connectivity index (χ4n) is 1.40. The van der Waals surface area contributed by atoms with Gasteiger partial charge in [-0.25, -0.2) is 4.98 Å². The zero-order valence-electron chi connectivity index (χ0n) is 9.84. The minimum absolute atomic E-state index is 0.0479. The van der Waals surface area contributed by atoms with Gasteiger partial charge in [-0.2, -0.15) is 0 Å². The second-order valence-electron chi connectivity index (χ2n) is 3.56. The number of nitrogens with one attached hydrogen (secondary N) is 2. The van der Waals surface area contributed by atoms with E-state index in [1.165, 1.54) is 0 Å². The molecule has 0 bridgehead atoms. The Morgan fingerprint density at radius 3 is 2.94 bits per heavy atom. The average Bonchev–Trinajstić information content (AvgIpc) is 2.79. The summed E-state index contributed by atoms with van der Waals surface area (Å²) in [4.78, 5) is 4.11. The van der Waals surface area contributed by atoms with Crippen LogP contribution in [-0.4, -0.2) is 21.7 Å². The monoisotopic (exact) mass is 233 g/mol. The molecule has 2 heterocycles. The molecule has 2 rings (SSSR count). The minimum Gasteiger partial charge on any atom is -0.406 e. The third kappa shape index (κ3) is 3.01. The Labute approximate surface area is 99.5 Å². The van der Waals surface area contributed by atoms with E-state index < -0.39 is 0 Å². The first-order valence-corrected chi connectivity index (χ1v) is 5.54. The van der Waals surface area contributed by atoms with Crippen molar-refractivity contribution in [2.75, 3.05) is 11.9 Å². The van der Waals surface area contributed by atoms with Crippen LogP contribution in [0.2, 0.25) is 0 Å². The molecule has 0 fully saturated rings. The standard InChI is InChI=1S/C11H15N5O/c1-3-12-8(2)10-15-16-11(17-10)14-9-6-4-5-7-13-9/h4-8,12H,3H2,1-2H3,(H,13,14,16). The summed E-state index contributed by atoms with van der Waals surface area (Å²) >= 11 is 0. The number of hydrogen-bond acceptors (Lipinski definition) is 6. The van der Waals surface area contributed by atoms with E-state index in [0.717, 1.165) is 6.54 Å². The summed E-state index contributed by atoms with van der Waals surface area (Å²) in [6, 6.07) is 5.96. The predicted molar refractivity (Wildman–Crippen MR) is 63.9 cm³/mol. The molecule has 1 atom stereocenters. The quantitative estimate of drug-likeness (QED) is 0.821. The van der Waals surface area contributed by atoms with Crippen LogP contribution in [0.4, 0.5) is 11.8 Å². The van der Waals surface area contributed by atoms with Crippen LogP contribution < -0.4 is 10.6 Å². The van der Waals surface area contributed by atoms with Crippen LogP contribution >= 0.6 is 0 Å². The van der Waals surface area contributed by atoms with Gasteiger partial charge in [-0.3, -0.25) is 5.32 Å². The number of pyridine rings is 1. The zero-order chi connectivity index (χ0) is 12.1. The summed E-state index contributed by atoms with van der Waals surface area (Å²) in [5, 5.41) is 14.0. The van der Waals surface area contributed by atoms with Crippen LogP contribution in [0.15, 0.2) is 28.8 Å². The average molecular weight is 233 g/mol. The summed E-state index contributed by atoms with van der Waals surface area (Å²) in [6.07, 6.45) is 1.70. The fourth-order valence-corrected chi connectivity index (χ4v) is 1.40. The highest BCUT2D eigenvalue weighted by Crippen LogP contribution is 2.16. The molecule has 0 spiro atoms.